The maximum absolute atomic E-state index is 13.9. The van der Waals surface area contributed by atoms with Crippen molar-refractivity contribution < 1.29 is 14.7 Å². The number of Topliss-reactive ketones (excluding diaryl/α,β-unsaturated/α-hetero) is 1. The molecule has 1 aliphatic rings. The highest BCUT2D eigenvalue weighted by Gasteiger charge is 2.51. The Hall–Kier alpha value is -3.66. The van der Waals surface area contributed by atoms with Gasteiger partial charge in [-0.25, -0.2) is 0 Å². The summed E-state index contributed by atoms with van der Waals surface area (Å²) in [7, 11) is 0. The van der Waals surface area contributed by atoms with Crippen molar-refractivity contribution in [3.8, 4) is 5.69 Å². The summed E-state index contributed by atoms with van der Waals surface area (Å²) in [4.78, 5) is 24.9. The number of aryl methyl sites for hydroxylation is 1. The van der Waals surface area contributed by atoms with Crippen LogP contribution in [0.5, 0.6) is 0 Å². The van der Waals surface area contributed by atoms with Gasteiger partial charge in [0.1, 0.15) is 0 Å². The molecule has 0 saturated heterocycles. The zero-order valence-electron chi connectivity index (χ0n) is 17.1. The number of aliphatic carboxylic acids is 1. The molecule has 0 spiro atoms. The Labute approximate surface area is 180 Å². The van der Waals surface area contributed by atoms with E-state index in [2.05, 4.69) is 4.57 Å². The van der Waals surface area contributed by atoms with Gasteiger partial charge in [-0.05, 0) is 54.7 Å². The second kappa shape index (κ2) is 7.55. The molecular formula is C27H23NO3. The molecule has 4 aromatic rings. The molecule has 1 heterocycles. The van der Waals surface area contributed by atoms with Gasteiger partial charge in [-0.3, -0.25) is 9.59 Å². The van der Waals surface area contributed by atoms with Crippen LogP contribution in [0.2, 0.25) is 0 Å². The monoisotopic (exact) mass is 409 g/mol. The minimum absolute atomic E-state index is 0.0716. The molecule has 31 heavy (non-hydrogen) atoms. The number of carbonyl (C=O) groups excluding carboxylic acids is 1. The molecule has 0 unspecified atom stereocenters. The fraction of sp³-hybridized carbons (Fsp3) is 0.185. The Bertz CT molecular complexity index is 1270. The van der Waals surface area contributed by atoms with E-state index < -0.39 is 11.4 Å². The van der Waals surface area contributed by atoms with Crippen LogP contribution in [-0.2, 0) is 16.6 Å². The molecule has 1 N–H and O–H groups in total. The van der Waals surface area contributed by atoms with Gasteiger partial charge in [-0.15, -0.1) is 0 Å². The molecule has 4 heteroatoms. The van der Waals surface area contributed by atoms with E-state index >= 15 is 0 Å². The van der Waals surface area contributed by atoms with Gasteiger partial charge >= 0.3 is 5.97 Å². The topological polar surface area (TPSA) is 59.3 Å². The summed E-state index contributed by atoms with van der Waals surface area (Å²) >= 11 is 0. The minimum atomic E-state index is -0.820. The fourth-order valence-electron chi connectivity index (χ4n) is 4.45. The molecule has 0 radical (unpaired) electrons. The Morgan fingerprint density at radius 3 is 2.23 bits per heavy atom. The van der Waals surface area contributed by atoms with E-state index in [-0.39, 0.29) is 12.2 Å². The molecule has 1 aliphatic carbocycles. The maximum Gasteiger partial charge on any atom is 0.303 e. The van der Waals surface area contributed by atoms with Crippen molar-refractivity contribution in [2.75, 3.05) is 0 Å². The molecule has 5 rings (SSSR count). The van der Waals surface area contributed by atoms with Gasteiger partial charge in [0, 0.05) is 29.3 Å². The lowest BCUT2D eigenvalue weighted by atomic mass is 9.87. The number of carboxylic acids is 1. The van der Waals surface area contributed by atoms with Crippen molar-refractivity contribution in [3.63, 3.8) is 0 Å². The van der Waals surface area contributed by atoms with Crippen molar-refractivity contribution in [1.29, 1.82) is 0 Å². The number of fused-ring (bicyclic) bond motifs is 1. The number of rotatable bonds is 7. The van der Waals surface area contributed by atoms with E-state index in [0.717, 1.165) is 40.6 Å². The van der Waals surface area contributed by atoms with Crippen LogP contribution in [0.25, 0.3) is 16.6 Å². The lowest BCUT2D eigenvalue weighted by Crippen LogP contribution is -2.20. The van der Waals surface area contributed by atoms with Gasteiger partial charge in [-0.2, -0.15) is 0 Å². The molecule has 1 fully saturated rings. The van der Waals surface area contributed by atoms with E-state index in [1.807, 2.05) is 85.1 Å². The predicted molar refractivity (Wildman–Crippen MR) is 121 cm³/mol. The van der Waals surface area contributed by atoms with Crippen LogP contribution in [0.4, 0.5) is 0 Å². The quantitative estimate of drug-likeness (QED) is 0.406. The van der Waals surface area contributed by atoms with Crippen LogP contribution in [-0.4, -0.2) is 21.4 Å². The number of ketones is 1. The second-order valence-corrected chi connectivity index (χ2v) is 8.27. The molecule has 3 aromatic carbocycles. The van der Waals surface area contributed by atoms with Gasteiger partial charge in [0.25, 0.3) is 0 Å². The highest BCUT2D eigenvalue weighted by Crippen LogP contribution is 2.51. The average molecular weight is 409 g/mol. The lowest BCUT2D eigenvalue weighted by molar-refractivity contribution is -0.136. The van der Waals surface area contributed by atoms with Crippen LogP contribution in [0.1, 0.15) is 40.7 Å². The summed E-state index contributed by atoms with van der Waals surface area (Å²) in [5.41, 5.74) is 4.21. The number of hydrogen-bond donors (Lipinski definition) is 1. The summed E-state index contributed by atoms with van der Waals surface area (Å²) in [6.07, 6.45) is 4.17. The summed E-state index contributed by atoms with van der Waals surface area (Å²) in [6.45, 7) is 0. The number of carbonyl (C=O) groups is 2. The first kappa shape index (κ1) is 19.3. The van der Waals surface area contributed by atoms with Crippen LogP contribution in [0, 0.1) is 0 Å². The van der Waals surface area contributed by atoms with E-state index in [0.29, 0.717) is 12.0 Å². The minimum Gasteiger partial charge on any atom is -0.481 e. The zero-order valence-corrected chi connectivity index (χ0v) is 17.1. The van der Waals surface area contributed by atoms with Crippen LogP contribution >= 0.6 is 0 Å². The summed E-state index contributed by atoms with van der Waals surface area (Å²) in [6, 6.07) is 26.0. The van der Waals surface area contributed by atoms with Crippen molar-refractivity contribution in [2.45, 2.75) is 31.1 Å². The average Bonchev–Trinajstić information content (AvgIpc) is 3.54. The molecule has 0 aliphatic heterocycles. The SMILES string of the molecule is O=C(O)CCc1ccc2c(c1)c(C(=O)C1(c3ccccc3)CC1)cn2-c1ccccc1. The first-order chi connectivity index (χ1) is 15.1. The third-order valence-electron chi connectivity index (χ3n) is 6.29. The van der Waals surface area contributed by atoms with Gasteiger partial charge in [0.2, 0.25) is 0 Å². The van der Waals surface area contributed by atoms with E-state index in [1.165, 1.54) is 0 Å². The fourth-order valence-corrected chi connectivity index (χ4v) is 4.45. The molecule has 0 atom stereocenters. The highest BCUT2D eigenvalue weighted by atomic mass is 16.4. The number of hydrogen-bond acceptors (Lipinski definition) is 2. The van der Waals surface area contributed by atoms with Crippen molar-refractivity contribution >= 4 is 22.7 Å². The number of para-hydroxylation sites is 1. The maximum atomic E-state index is 13.9. The molecule has 0 bridgehead atoms. The van der Waals surface area contributed by atoms with Gasteiger partial charge in [0.15, 0.2) is 5.78 Å². The Morgan fingerprint density at radius 1 is 0.903 bits per heavy atom. The second-order valence-electron chi connectivity index (χ2n) is 8.27. The number of nitrogens with zero attached hydrogens (tertiary/aromatic N) is 1. The van der Waals surface area contributed by atoms with Crippen LogP contribution in [0.3, 0.4) is 0 Å². The molecule has 4 nitrogen and oxygen atoms in total. The van der Waals surface area contributed by atoms with Gasteiger partial charge in [0.05, 0.1) is 10.9 Å². The van der Waals surface area contributed by atoms with E-state index in [1.54, 1.807) is 0 Å². The summed E-state index contributed by atoms with van der Waals surface area (Å²) in [5, 5.41) is 9.95. The first-order valence-corrected chi connectivity index (χ1v) is 10.6. The smallest absolute Gasteiger partial charge is 0.303 e. The first-order valence-electron chi connectivity index (χ1n) is 10.6. The molecule has 0 amide bonds. The van der Waals surface area contributed by atoms with Crippen LogP contribution in [0.15, 0.2) is 85.1 Å². The largest absolute Gasteiger partial charge is 0.481 e. The van der Waals surface area contributed by atoms with Crippen molar-refractivity contribution in [3.05, 3.63) is 102 Å². The third-order valence-corrected chi connectivity index (χ3v) is 6.29. The normalized spacial score (nSPS) is 14.5. The number of aromatic nitrogens is 1. The summed E-state index contributed by atoms with van der Waals surface area (Å²) < 4.78 is 2.06. The standard InChI is InChI=1S/C27H23NO3/c29-25(30)14-12-19-11-13-24-22(17-19)23(18-28(24)21-9-5-2-6-10-21)26(31)27(15-16-27)20-7-3-1-4-8-20/h1-11,13,17-18H,12,14-16H2,(H,29,30). The number of carboxylic acid groups (broad SMARTS) is 1. The van der Waals surface area contributed by atoms with Gasteiger partial charge < -0.3 is 9.67 Å². The Balaban J connectivity index is 1.65. The van der Waals surface area contributed by atoms with Crippen molar-refractivity contribution in [2.24, 2.45) is 0 Å². The summed E-state index contributed by atoms with van der Waals surface area (Å²) in [5.74, 6) is -0.673. The zero-order chi connectivity index (χ0) is 21.4. The van der Waals surface area contributed by atoms with E-state index in [4.69, 9.17) is 5.11 Å². The predicted octanol–water partition coefficient (Wildman–Crippen LogP) is 5.56. The lowest BCUT2D eigenvalue weighted by Gasteiger charge is -2.14. The van der Waals surface area contributed by atoms with Crippen LogP contribution < -0.4 is 0 Å². The highest BCUT2D eigenvalue weighted by molar-refractivity contribution is 6.14. The van der Waals surface area contributed by atoms with Crippen molar-refractivity contribution in [1.82, 2.24) is 4.57 Å². The molecule has 1 aromatic heterocycles. The van der Waals surface area contributed by atoms with Gasteiger partial charge in [-0.1, -0.05) is 54.6 Å². The molecular weight excluding hydrogens is 386 g/mol. The number of benzene rings is 3. The molecule has 154 valence electrons. The Kier molecular flexibility index (Phi) is 4.70. The van der Waals surface area contributed by atoms with E-state index in [9.17, 15) is 9.59 Å². The Morgan fingerprint density at radius 2 is 1.58 bits per heavy atom. The third kappa shape index (κ3) is 3.44. The molecule has 1 saturated carbocycles.